The van der Waals surface area contributed by atoms with Crippen LogP contribution >= 0.6 is 0 Å². The van der Waals surface area contributed by atoms with Crippen LogP contribution in [0.4, 0.5) is 13.2 Å². The minimum atomic E-state index is -4.35. The lowest BCUT2D eigenvalue weighted by Crippen LogP contribution is -2.36. The van der Waals surface area contributed by atoms with E-state index in [4.69, 9.17) is 0 Å². The second-order valence-electron chi connectivity index (χ2n) is 6.08. The maximum absolute atomic E-state index is 12.8. The number of alkyl halides is 3. The first-order valence-electron chi connectivity index (χ1n) is 8.64. The van der Waals surface area contributed by atoms with E-state index in [1.54, 1.807) is 25.6 Å². The molecule has 0 amide bonds. The smallest absolute Gasteiger partial charge is 0.352 e. The van der Waals surface area contributed by atoms with Crippen molar-refractivity contribution < 1.29 is 13.2 Å². The van der Waals surface area contributed by atoms with E-state index in [9.17, 15) is 13.2 Å². The van der Waals surface area contributed by atoms with Crippen LogP contribution in [0.15, 0.2) is 72.2 Å². The molecular weight excluding hydrogens is 367 g/mol. The van der Waals surface area contributed by atoms with Crippen LogP contribution in [0.2, 0.25) is 0 Å². The first-order chi connectivity index (χ1) is 13.5. The molecule has 0 spiro atoms. The molecule has 5 nitrogen and oxygen atoms in total. The fourth-order valence-electron chi connectivity index (χ4n) is 2.76. The lowest BCUT2D eigenvalue weighted by Gasteiger charge is -2.15. The number of halogens is 3. The van der Waals surface area contributed by atoms with Crippen LogP contribution in [0.1, 0.15) is 16.7 Å². The number of hydrogen-bond donors (Lipinski definition) is 2. The van der Waals surface area contributed by atoms with Gasteiger partial charge in [-0.1, -0.05) is 30.3 Å². The van der Waals surface area contributed by atoms with Crippen molar-refractivity contribution in [2.45, 2.75) is 19.3 Å². The first kappa shape index (κ1) is 19.5. The zero-order valence-electron chi connectivity index (χ0n) is 15.2. The third kappa shape index (κ3) is 4.91. The van der Waals surface area contributed by atoms with Crippen molar-refractivity contribution in [2.24, 2.45) is 4.99 Å². The van der Waals surface area contributed by atoms with E-state index in [2.05, 4.69) is 20.6 Å². The zero-order chi connectivity index (χ0) is 20.0. The van der Waals surface area contributed by atoms with Gasteiger partial charge in [0.05, 0.1) is 17.6 Å². The molecule has 1 aromatic heterocycles. The molecule has 0 radical (unpaired) electrons. The van der Waals surface area contributed by atoms with E-state index < -0.39 is 11.7 Å². The largest absolute Gasteiger partial charge is 0.416 e. The van der Waals surface area contributed by atoms with Gasteiger partial charge in [-0.3, -0.25) is 4.99 Å². The fraction of sp³-hybridized carbons (Fsp3) is 0.200. The first-order valence-corrected chi connectivity index (χ1v) is 8.64. The average Bonchev–Trinajstić information content (AvgIpc) is 3.22. The average molecular weight is 387 g/mol. The van der Waals surface area contributed by atoms with E-state index in [1.165, 1.54) is 6.07 Å². The molecule has 146 valence electrons. The van der Waals surface area contributed by atoms with Crippen LogP contribution in [0.25, 0.3) is 5.69 Å². The molecule has 0 aliphatic rings. The summed E-state index contributed by atoms with van der Waals surface area (Å²) in [4.78, 5) is 8.20. The predicted octanol–water partition coefficient (Wildman–Crippen LogP) is 3.76. The summed E-state index contributed by atoms with van der Waals surface area (Å²) in [6, 6.07) is 13.1. The Kier molecular flexibility index (Phi) is 5.98. The van der Waals surface area contributed by atoms with Gasteiger partial charge in [0.15, 0.2) is 5.96 Å². The maximum Gasteiger partial charge on any atom is 0.416 e. The van der Waals surface area contributed by atoms with E-state index in [-0.39, 0.29) is 6.54 Å². The number of para-hydroxylation sites is 1. The van der Waals surface area contributed by atoms with Gasteiger partial charge in [-0.15, -0.1) is 0 Å². The van der Waals surface area contributed by atoms with Crippen LogP contribution in [0.5, 0.6) is 0 Å². The maximum atomic E-state index is 12.8. The van der Waals surface area contributed by atoms with E-state index >= 15 is 0 Å². The third-order valence-electron chi connectivity index (χ3n) is 4.16. The molecule has 0 unspecified atom stereocenters. The summed E-state index contributed by atoms with van der Waals surface area (Å²) >= 11 is 0. The lowest BCUT2D eigenvalue weighted by atomic mass is 10.1. The predicted molar refractivity (Wildman–Crippen MR) is 102 cm³/mol. The standard InChI is InChI=1S/C20H20F3N5/c1-24-19(26-12-15-5-4-7-17(11-15)20(21,22)23)27-13-16-6-2-3-8-18(16)28-10-9-25-14-28/h2-11,14H,12-13H2,1H3,(H2,24,26,27). The normalized spacial score (nSPS) is 12.1. The van der Waals surface area contributed by atoms with Crippen LogP contribution < -0.4 is 10.6 Å². The Labute approximate surface area is 161 Å². The molecule has 0 saturated heterocycles. The number of nitrogens with zero attached hydrogens (tertiary/aromatic N) is 3. The molecule has 0 fully saturated rings. The van der Waals surface area contributed by atoms with Crippen molar-refractivity contribution >= 4 is 5.96 Å². The van der Waals surface area contributed by atoms with Gasteiger partial charge in [0, 0.05) is 32.5 Å². The highest BCUT2D eigenvalue weighted by Crippen LogP contribution is 2.29. The summed E-state index contributed by atoms with van der Waals surface area (Å²) in [5.41, 5.74) is 1.88. The molecule has 1 heterocycles. The summed E-state index contributed by atoms with van der Waals surface area (Å²) in [5, 5.41) is 6.23. The van der Waals surface area contributed by atoms with Crippen LogP contribution in [0.3, 0.4) is 0 Å². The molecule has 0 bridgehead atoms. The molecule has 0 atom stereocenters. The minimum absolute atomic E-state index is 0.229. The molecule has 0 aliphatic heterocycles. The van der Waals surface area contributed by atoms with Crippen LogP contribution in [-0.2, 0) is 19.3 Å². The molecule has 0 aliphatic carbocycles. The summed E-state index contributed by atoms with van der Waals surface area (Å²) in [6.07, 6.45) is 0.936. The van der Waals surface area contributed by atoms with Crippen LogP contribution in [0, 0.1) is 0 Å². The van der Waals surface area contributed by atoms with Gasteiger partial charge in [-0.25, -0.2) is 4.98 Å². The Bertz CT molecular complexity index is 933. The van der Waals surface area contributed by atoms with Crippen molar-refractivity contribution in [1.29, 1.82) is 0 Å². The number of rotatable bonds is 5. The molecule has 0 saturated carbocycles. The second-order valence-corrected chi connectivity index (χ2v) is 6.08. The number of aromatic nitrogens is 2. The van der Waals surface area contributed by atoms with Gasteiger partial charge in [0.1, 0.15) is 0 Å². The molecule has 3 rings (SSSR count). The lowest BCUT2D eigenvalue weighted by molar-refractivity contribution is -0.137. The highest BCUT2D eigenvalue weighted by molar-refractivity contribution is 5.79. The molecular formula is C20H20F3N5. The van der Waals surface area contributed by atoms with Crippen molar-refractivity contribution in [3.05, 3.63) is 83.9 Å². The Hall–Kier alpha value is -3.29. The third-order valence-corrected chi connectivity index (χ3v) is 4.16. The van der Waals surface area contributed by atoms with Gasteiger partial charge in [-0.2, -0.15) is 13.2 Å². The Morgan fingerprint density at radius 3 is 2.57 bits per heavy atom. The SMILES string of the molecule is CN=C(NCc1cccc(C(F)(F)F)c1)NCc1ccccc1-n1ccnc1. The topological polar surface area (TPSA) is 54.2 Å². The number of guanidine groups is 1. The van der Waals surface area contributed by atoms with E-state index in [1.807, 2.05) is 35.0 Å². The van der Waals surface area contributed by atoms with Gasteiger partial charge < -0.3 is 15.2 Å². The second kappa shape index (κ2) is 8.60. The van der Waals surface area contributed by atoms with Crippen molar-refractivity contribution in [3.8, 4) is 5.69 Å². The number of benzene rings is 2. The van der Waals surface area contributed by atoms with E-state index in [0.717, 1.165) is 23.4 Å². The summed E-state index contributed by atoms with van der Waals surface area (Å²) in [7, 11) is 1.61. The zero-order valence-corrected chi connectivity index (χ0v) is 15.2. The molecule has 3 aromatic rings. The Balaban J connectivity index is 1.62. The Morgan fingerprint density at radius 1 is 1.07 bits per heavy atom. The monoisotopic (exact) mass is 387 g/mol. The van der Waals surface area contributed by atoms with Crippen molar-refractivity contribution in [2.75, 3.05) is 7.05 Å². The Morgan fingerprint density at radius 2 is 1.86 bits per heavy atom. The van der Waals surface area contributed by atoms with Gasteiger partial charge in [-0.05, 0) is 29.3 Å². The van der Waals surface area contributed by atoms with E-state index in [0.29, 0.717) is 18.1 Å². The summed E-state index contributed by atoms with van der Waals surface area (Å²) in [6.45, 7) is 0.726. The summed E-state index contributed by atoms with van der Waals surface area (Å²) in [5.74, 6) is 0.498. The van der Waals surface area contributed by atoms with Gasteiger partial charge in [0.25, 0.3) is 0 Å². The van der Waals surface area contributed by atoms with Crippen LogP contribution in [-0.4, -0.2) is 22.6 Å². The number of nitrogens with one attached hydrogen (secondary N) is 2. The highest BCUT2D eigenvalue weighted by Gasteiger charge is 2.30. The minimum Gasteiger partial charge on any atom is -0.352 e. The van der Waals surface area contributed by atoms with Crippen molar-refractivity contribution in [1.82, 2.24) is 20.2 Å². The quantitative estimate of drug-likeness (QED) is 0.518. The fourth-order valence-corrected chi connectivity index (χ4v) is 2.76. The molecule has 2 N–H and O–H groups in total. The van der Waals surface area contributed by atoms with Crippen molar-refractivity contribution in [3.63, 3.8) is 0 Å². The molecule has 2 aromatic carbocycles. The number of hydrogen-bond acceptors (Lipinski definition) is 2. The van der Waals surface area contributed by atoms with Gasteiger partial charge in [0.2, 0.25) is 0 Å². The van der Waals surface area contributed by atoms with Gasteiger partial charge >= 0.3 is 6.18 Å². The number of aliphatic imine (C=N–C) groups is 1. The molecule has 28 heavy (non-hydrogen) atoms. The molecule has 8 heteroatoms. The highest BCUT2D eigenvalue weighted by atomic mass is 19.4. The summed E-state index contributed by atoms with van der Waals surface area (Å²) < 4.78 is 40.4. The number of imidazole rings is 1.